The molecule has 0 amide bonds. The van der Waals surface area contributed by atoms with Crippen molar-refractivity contribution in [1.29, 1.82) is 0 Å². The highest BCUT2D eigenvalue weighted by Crippen LogP contribution is 2.45. The molecule has 13 aromatic rings. The van der Waals surface area contributed by atoms with E-state index in [1.807, 2.05) is 120 Å². The number of hydrogen-bond acceptors (Lipinski definition) is 3. The van der Waals surface area contributed by atoms with Crippen LogP contribution in [0.25, 0.3) is 123 Å². The van der Waals surface area contributed by atoms with Crippen molar-refractivity contribution in [2.75, 3.05) is 0 Å². The highest BCUT2D eigenvalue weighted by molar-refractivity contribution is 6.13. The van der Waals surface area contributed by atoms with E-state index in [9.17, 15) is 0 Å². The van der Waals surface area contributed by atoms with Crippen LogP contribution in [0.3, 0.4) is 0 Å². The summed E-state index contributed by atoms with van der Waals surface area (Å²) in [7, 11) is 0. The summed E-state index contributed by atoms with van der Waals surface area (Å²) in [6.45, 7) is 4.15. The largest absolute Gasteiger partial charge is 0.416 e. The van der Waals surface area contributed by atoms with Gasteiger partial charge in [0.2, 0.25) is 0 Å². The minimum atomic E-state index is -4.64. The molecular formula is C66H44F3N5. The van der Waals surface area contributed by atoms with Crippen LogP contribution in [0.5, 0.6) is 0 Å². The maximum atomic E-state index is 15.3. The number of nitrogens with zero attached hydrogens (tertiary/aromatic N) is 5. The van der Waals surface area contributed by atoms with E-state index in [1.165, 1.54) is 17.7 Å². The molecule has 0 spiro atoms. The Hall–Kier alpha value is -9.40. The molecule has 0 aliphatic rings. The molecule has 3 aromatic heterocycles. The molecule has 13 rings (SSSR count). The minimum absolute atomic E-state index is 0.375. The molecule has 0 aliphatic heterocycles. The number of aryl methyl sites for hydroxylation is 2. The van der Waals surface area contributed by atoms with Gasteiger partial charge < -0.3 is 9.13 Å². The second-order valence-electron chi connectivity index (χ2n) is 18.9. The fourth-order valence-electron chi connectivity index (χ4n) is 10.5. The first-order valence-corrected chi connectivity index (χ1v) is 24.6. The first-order valence-electron chi connectivity index (χ1n) is 24.6. The van der Waals surface area contributed by atoms with Gasteiger partial charge >= 0.3 is 6.18 Å². The molecule has 0 unspecified atom stereocenters. The third-order valence-corrected chi connectivity index (χ3v) is 14.2. The van der Waals surface area contributed by atoms with E-state index in [-0.39, 0.29) is 0 Å². The molecule has 74 heavy (non-hydrogen) atoms. The van der Waals surface area contributed by atoms with Gasteiger partial charge in [0.15, 0.2) is 17.5 Å². The number of rotatable bonds is 8. The fourth-order valence-corrected chi connectivity index (χ4v) is 10.5. The first-order chi connectivity index (χ1) is 36.1. The summed E-state index contributed by atoms with van der Waals surface area (Å²) in [5.74, 6) is 1.42. The number of aromatic nitrogens is 5. The maximum Gasteiger partial charge on any atom is 0.416 e. The second kappa shape index (κ2) is 17.7. The summed E-state index contributed by atoms with van der Waals surface area (Å²) >= 11 is 0. The van der Waals surface area contributed by atoms with Crippen LogP contribution >= 0.6 is 0 Å². The lowest BCUT2D eigenvalue weighted by Gasteiger charge is -2.21. The lowest BCUT2D eigenvalue weighted by molar-refractivity contribution is -0.137. The van der Waals surface area contributed by atoms with E-state index < -0.39 is 11.7 Å². The average Bonchev–Trinajstić information content (AvgIpc) is 3.96. The van der Waals surface area contributed by atoms with Gasteiger partial charge in [-0.1, -0.05) is 175 Å². The monoisotopic (exact) mass is 963 g/mol. The van der Waals surface area contributed by atoms with Crippen molar-refractivity contribution in [1.82, 2.24) is 24.1 Å². The van der Waals surface area contributed by atoms with Crippen LogP contribution in [0, 0.1) is 13.8 Å². The number of hydrogen-bond donors (Lipinski definition) is 0. The van der Waals surface area contributed by atoms with E-state index >= 15 is 13.2 Å². The third-order valence-electron chi connectivity index (χ3n) is 14.2. The second-order valence-corrected chi connectivity index (χ2v) is 18.9. The van der Waals surface area contributed by atoms with Crippen LogP contribution in [0.2, 0.25) is 0 Å². The van der Waals surface area contributed by atoms with E-state index in [4.69, 9.17) is 15.0 Å². The maximum absolute atomic E-state index is 15.3. The van der Waals surface area contributed by atoms with Crippen molar-refractivity contribution in [3.05, 3.63) is 247 Å². The van der Waals surface area contributed by atoms with Crippen molar-refractivity contribution in [2.24, 2.45) is 0 Å². The van der Waals surface area contributed by atoms with Crippen LogP contribution in [0.15, 0.2) is 231 Å². The molecule has 0 bridgehead atoms. The molecule has 0 N–H and O–H groups in total. The van der Waals surface area contributed by atoms with Crippen LogP contribution in [0.1, 0.15) is 16.7 Å². The Balaban J connectivity index is 1.11. The molecule has 3 heterocycles. The molecule has 0 saturated heterocycles. The zero-order valence-corrected chi connectivity index (χ0v) is 40.3. The van der Waals surface area contributed by atoms with Crippen molar-refractivity contribution >= 4 is 43.6 Å². The molecule has 354 valence electrons. The zero-order chi connectivity index (χ0) is 50.1. The highest BCUT2D eigenvalue weighted by Gasteiger charge is 2.33. The Bertz CT molecular complexity index is 4230. The molecule has 10 aromatic carbocycles. The average molecular weight is 964 g/mol. The lowest BCUT2D eigenvalue weighted by atomic mass is 9.96. The quantitative estimate of drug-likeness (QED) is 0.152. The Labute approximate surface area is 425 Å². The van der Waals surface area contributed by atoms with E-state index in [0.717, 1.165) is 88.2 Å². The van der Waals surface area contributed by atoms with Crippen molar-refractivity contribution in [3.63, 3.8) is 0 Å². The van der Waals surface area contributed by atoms with Crippen LogP contribution in [-0.2, 0) is 6.18 Å². The molecule has 0 radical (unpaired) electrons. The van der Waals surface area contributed by atoms with Gasteiger partial charge in [0.25, 0.3) is 0 Å². The third kappa shape index (κ3) is 7.79. The summed E-state index contributed by atoms with van der Waals surface area (Å²) in [5, 5.41) is 3.94. The van der Waals surface area contributed by atoms with Crippen LogP contribution in [0.4, 0.5) is 13.2 Å². The molecule has 0 aliphatic carbocycles. The van der Waals surface area contributed by atoms with Crippen molar-refractivity contribution < 1.29 is 13.2 Å². The summed E-state index contributed by atoms with van der Waals surface area (Å²) in [6.07, 6.45) is -4.64. The molecule has 5 nitrogen and oxygen atoms in total. The molecule has 0 atom stereocenters. The smallest absolute Gasteiger partial charge is 0.309 e. The van der Waals surface area contributed by atoms with E-state index in [1.54, 1.807) is 6.07 Å². The SMILES string of the molecule is Cc1ccc(-c2ccc3c(c2)c2ccccc2n3-c2ccc(-c3nc(-c4ccccc4)nc(-c4ccccc4)n3)cc2-c2ccc(C(F)(F)F)cc2-n2c3ccccc3c3cc(-c4ccc(C)cc4)ccc32)cc1. The lowest BCUT2D eigenvalue weighted by Crippen LogP contribution is -2.08. The van der Waals surface area contributed by atoms with Crippen LogP contribution < -0.4 is 0 Å². The normalized spacial score (nSPS) is 11.9. The predicted octanol–water partition coefficient (Wildman–Crippen LogP) is 17.7. The number of halogens is 3. The van der Waals surface area contributed by atoms with Crippen molar-refractivity contribution in [2.45, 2.75) is 20.0 Å². The number of para-hydroxylation sites is 2. The predicted molar refractivity (Wildman–Crippen MR) is 296 cm³/mol. The van der Waals surface area contributed by atoms with Gasteiger partial charge in [0, 0.05) is 49.4 Å². The number of benzene rings is 10. The summed E-state index contributed by atoms with van der Waals surface area (Å²) < 4.78 is 50.0. The summed E-state index contributed by atoms with van der Waals surface area (Å²) in [6, 6.07) is 75.8. The Morgan fingerprint density at radius 3 is 1.23 bits per heavy atom. The molecular weight excluding hydrogens is 920 g/mol. The Kier molecular flexibility index (Phi) is 10.7. The zero-order valence-electron chi connectivity index (χ0n) is 40.3. The first kappa shape index (κ1) is 44.5. The fraction of sp³-hybridized carbons (Fsp3) is 0.0455. The van der Waals surface area contributed by atoms with Crippen molar-refractivity contribution in [3.8, 4) is 78.9 Å². The van der Waals surface area contributed by atoms with Gasteiger partial charge in [-0.2, -0.15) is 13.2 Å². The number of alkyl halides is 3. The van der Waals surface area contributed by atoms with Gasteiger partial charge in [0.05, 0.1) is 39.0 Å². The topological polar surface area (TPSA) is 48.5 Å². The standard InChI is InChI=1S/C66H44F3N5/c1-41-21-25-43(26-22-41)47-29-34-59-54(37-47)51-17-9-11-19-57(51)73(59)60-36-31-49(65-71-63(45-13-5-3-6-14-45)70-64(72-65)46-15-7-4-8-16-46)39-56(60)53-33-32-50(66(67,68)69)40-62(53)74-58-20-12-10-18-52(58)55-38-48(30-35-61(55)74)44-27-23-42(2)24-28-44/h3-40H,1-2H3. The van der Waals surface area contributed by atoms with Gasteiger partial charge in [0.1, 0.15) is 0 Å². The summed E-state index contributed by atoms with van der Waals surface area (Å²) in [4.78, 5) is 15.2. The molecule has 0 fully saturated rings. The highest BCUT2D eigenvalue weighted by atomic mass is 19.4. The minimum Gasteiger partial charge on any atom is -0.309 e. The van der Waals surface area contributed by atoms with E-state index in [0.29, 0.717) is 39.9 Å². The van der Waals surface area contributed by atoms with Gasteiger partial charge in [-0.3, -0.25) is 0 Å². The molecule has 0 saturated carbocycles. The Morgan fingerprint density at radius 2 is 0.730 bits per heavy atom. The van der Waals surface area contributed by atoms with E-state index in [2.05, 4.69) is 115 Å². The van der Waals surface area contributed by atoms with Gasteiger partial charge in [-0.15, -0.1) is 0 Å². The summed E-state index contributed by atoms with van der Waals surface area (Å²) in [5.41, 5.74) is 14.0. The Morgan fingerprint density at radius 1 is 0.311 bits per heavy atom. The van der Waals surface area contributed by atoms with Crippen LogP contribution in [-0.4, -0.2) is 24.1 Å². The van der Waals surface area contributed by atoms with Gasteiger partial charge in [-0.05, 0) is 103 Å². The number of fused-ring (bicyclic) bond motifs is 6. The van der Waals surface area contributed by atoms with Gasteiger partial charge in [-0.25, -0.2) is 15.0 Å². The molecule has 8 heteroatoms.